The lowest BCUT2D eigenvalue weighted by atomic mass is 9.89. The Morgan fingerprint density at radius 1 is 1.61 bits per heavy atom. The van der Waals surface area contributed by atoms with Crippen molar-refractivity contribution in [3.05, 3.63) is 0 Å². The Hall–Kier alpha value is -0.730. The van der Waals surface area contributed by atoms with Gasteiger partial charge in [-0.25, -0.2) is 0 Å². The second-order valence-corrected chi connectivity index (χ2v) is 6.61. The Labute approximate surface area is 113 Å². The Balaban J connectivity index is 2.38. The van der Waals surface area contributed by atoms with Crippen LogP contribution in [0.3, 0.4) is 0 Å². The summed E-state index contributed by atoms with van der Waals surface area (Å²) in [5, 5.41) is 17.9. The SMILES string of the molecule is CC(C)(C#N)CCCN1CCSCC1CC(=O)O. The van der Waals surface area contributed by atoms with E-state index in [0.717, 1.165) is 37.4 Å². The molecule has 0 spiro atoms. The molecule has 0 aromatic rings. The van der Waals surface area contributed by atoms with Crippen molar-refractivity contribution < 1.29 is 9.90 Å². The van der Waals surface area contributed by atoms with Crippen molar-refractivity contribution in [3.63, 3.8) is 0 Å². The Morgan fingerprint density at radius 3 is 2.94 bits per heavy atom. The van der Waals surface area contributed by atoms with E-state index in [1.165, 1.54) is 0 Å². The number of hydrogen-bond donors (Lipinski definition) is 1. The van der Waals surface area contributed by atoms with Crippen LogP contribution in [0.25, 0.3) is 0 Å². The minimum Gasteiger partial charge on any atom is -0.481 e. The molecule has 1 aliphatic heterocycles. The molecule has 4 nitrogen and oxygen atoms in total. The van der Waals surface area contributed by atoms with E-state index >= 15 is 0 Å². The minimum atomic E-state index is -0.718. The van der Waals surface area contributed by atoms with E-state index in [4.69, 9.17) is 10.4 Å². The molecule has 0 aromatic carbocycles. The van der Waals surface area contributed by atoms with Crippen molar-refractivity contribution in [2.24, 2.45) is 5.41 Å². The first-order valence-electron chi connectivity index (χ1n) is 6.39. The first kappa shape index (κ1) is 15.3. The van der Waals surface area contributed by atoms with Crippen LogP contribution >= 0.6 is 11.8 Å². The van der Waals surface area contributed by atoms with Gasteiger partial charge in [-0.2, -0.15) is 17.0 Å². The molecule has 0 radical (unpaired) electrons. The summed E-state index contributed by atoms with van der Waals surface area (Å²) in [7, 11) is 0. The number of carbonyl (C=O) groups is 1. The molecule has 102 valence electrons. The number of hydrogen-bond acceptors (Lipinski definition) is 4. The summed E-state index contributed by atoms with van der Waals surface area (Å²) >= 11 is 1.83. The number of carboxylic acid groups (broad SMARTS) is 1. The highest BCUT2D eigenvalue weighted by Gasteiger charge is 2.25. The third kappa shape index (κ3) is 5.28. The molecule has 1 aliphatic rings. The average molecular weight is 270 g/mol. The Bertz CT molecular complexity index is 325. The predicted octanol–water partition coefficient (Wildman–Crippen LogP) is 2.21. The number of carboxylic acids is 1. The zero-order valence-electron chi connectivity index (χ0n) is 11.2. The van der Waals surface area contributed by atoms with Crippen LogP contribution in [-0.4, -0.2) is 46.6 Å². The summed E-state index contributed by atoms with van der Waals surface area (Å²) in [6.07, 6.45) is 2.06. The molecule has 5 heteroatoms. The standard InChI is InChI=1S/C13H22N2O2S/c1-13(2,10-14)4-3-5-15-6-7-18-9-11(15)8-12(16)17/h11H,3-9H2,1-2H3,(H,16,17). The van der Waals surface area contributed by atoms with Gasteiger partial charge in [0, 0.05) is 24.1 Å². The van der Waals surface area contributed by atoms with Crippen molar-refractivity contribution in [1.82, 2.24) is 4.90 Å². The van der Waals surface area contributed by atoms with Crippen molar-refractivity contribution in [3.8, 4) is 6.07 Å². The zero-order chi connectivity index (χ0) is 13.6. The van der Waals surface area contributed by atoms with E-state index in [2.05, 4.69) is 11.0 Å². The van der Waals surface area contributed by atoms with Crippen LogP contribution in [0.15, 0.2) is 0 Å². The number of thioether (sulfide) groups is 1. The molecule has 0 saturated carbocycles. The maximum atomic E-state index is 10.8. The van der Waals surface area contributed by atoms with E-state index < -0.39 is 5.97 Å². The van der Waals surface area contributed by atoms with Crippen molar-refractivity contribution in [1.29, 1.82) is 5.26 Å². The summed E-state index contributed by atoms with van der Waals surface area (Å²) in [6.45, 7) is 5.78. The molecule has 18 heavy (non-hydrogen) atoms. The van der Waals surface area contributed by atoms with Gasteiger partial charge in [-0.05, 0) is 33.2 Å². The van der Waals surface area contributed by atoms with Crippen LogP contribution in [0.4, 0.5) is 0 Å². The van der Waals surface area contributed by atoms with Gasteiger partial charge < -0.3 is 5.11 Å². The van der Waals surface area contributed by atoms with E-state index in [1.807, 2.05) is 25.6 Å². The lowest BCUT2D eigenvalue weighted by Gasteiger charge is -2.35. The van der Waals surface area contributed by atoms with Gasteiger partial charge in [-0.1, -0.05) is 0 Å². The van der Waals surface area contributed by atoms with E-state index in [0.29, 0.717) is 0 Å². The average Bonchev–Trinajstić information content (AvgIpc) is 2.30. The molecule has 0 amide bonds. The van der Waals surface area contributed by atoms with Crippen LogP contribution in [0, 0.1) is 16.7 Å². The fraction of sp³-hybridized carbons (Fsp3) is 0.846. The van der Waals surface area contributed by atoms with Gasteiger partial charge in [0.05, 0.1) is 17.9 Å². The van der Waals surface area contributed by atoms with Gasteiger partial charge >= 0.3 is 5.97 Å². The van der Waals surface area contributed by atoms with Crippen LogP contribution in [-0.2, 0) is 4.79 Å². The van der Waals surface area contributed by atoms with E-state index in [1.54, 1.807) is 0 Å². The van der Waals surface area contributed by atoms with E-state index in [9.17, 15) is 4.79 Å². The van der Waals surface area contributed by atoms with Crippen LogP contribution < -0.4 is 0 Å². The number of aliphatic carboxylic acids is 1. The molecular weight excluding hydrogens is 248 g/mol. The zero-order valence-corrected chi connectivity index (χ0v) is 12.0. The first-order valence-corrected chi connectivity index (χ1v) is 7.55. The number of nitrogens with zero attached hydrogens (tertiary/aromatic N) is 2. The largest absolute Gasteiger partial charge is 0.481 e. The first-order chi connectivity index (χ1) is 8.44. The lowest BCUT2D eigenvalue weighted by molar-refractivity contribution is -0.138. The second-order valence-electron chi connectivity index (χ2n) is 5.46. The summed E-state index contributed by atoms with van der Waals surface area (Å²) < 4.78 is 0. The minimum absolute atomic E-state index is 0.159. The van der Waals surface area contributed by atoms with Gasteiger partial charge in [0.2, 0.25) is 0 Å². The number of rotatable bonds is 6. The van der Waals surface area contributed by atoms with Crippen LogP contribution in [0.1, 0.15) is 33.1 Å². The van der Waals surface area contributed by atoms with Gasteiger partial charge in [-0.3, -0.25) is 9.69 Å². The van der Waals surface area contributed by atoms with E-state index in [-0.39, 0.29) is 17.9 Å². The molecule has 1 heterocycles. The normalized spacial score (nSPS) is 21.5. The van der Waals surface area contributed by atoms with Gasteiger partial charge in [-0.15, -0.1) is 0 Å². The molecule has 1 atom stereocenters. The highest BCUT2D eigenvalue weighted by molar-refractivity contribution is 7.99. The lowest BCUT2D eigenvalue weighted by Crippen LogP contribution is -2.44. The Morgan fingerprint density at radius 2 is 2.33 bits per heavy atom. The number of nitriles is 1. The topological polar surface area (TPSA) is 64.3 Å². The highest BCUT2D eigenvalue weighted by atomic mass is 32.2. The van der Waals surface area contributed by atoms with Gasteiger partial charge in [0.15, 0.2) is 0 Å². The smallest absolute Gasteiger partial charge is 0.304 e. The summed E-state index contributed by atoms with van der Waals surface area (Å²) in [5.41, 5.74) is -0.271. The maximum Gasteiger partial charge on any atom is 0.304 e. The molecule has 1 saturated heterocycles. The molecule has 1 rings (SSSR count). The van der Waals surface area contributed by atoms with Gasteiger partial charge in [0.1, 0.15) is 0 Å². The fourth-order valence-electron chi connectivity index (χ4n) is 2.15. The van der Waals surface area contributed by atoms with Gasteiger partial charge in [0.25, 0.3) is 0 Å². The third-order valence-electron chi connectivity index (χ3n) is 3.31. The molecule has 0 bridgehead atoms. The molecule has 0 aliphatic carbocycles. The van der Waals surface area contributed by atoms with Crippen molar-refractivity contribution >= 4 is 17.7 Å². The Kier molecular flexibility index (Phi) is 5.97. The molecule has 1 fully saturated rings. The monoisotopic (exact) mass is 270 g/mol. The fourth-order valence-corrected chi connectivity index (χ4v) is 3.28. The van der Waals surface area contributed by atoms with Crippen molar-refractivity contribution in [2.75, 3.05) is 24.6 Å². The summed E-state index contributed by atoms with van der Waals surface area (Å²) in [6, 6.07) is 2.46. The predicted molar refractivity (Wildman–Crippen MR) is 73.6 cm³/mol. The highest BCUT2D eigenvalue weighted by Crippen LogP contribution is 2.23. The van der Waals surface area contributed by atoms with Crippen molar-refractivity contribution in [2.45, 2.75) is 39.2 Å². The van der Waals surface area contributed by atoms with Crippen LogP contribution in [0.5, 0.6) is 0 Å². The molecular formula is C13H22N2O2S. The summed E-state index contributed by atoms with van der Waals surface area (Å²) in [5.74, 6) is 1.27. The maximum absolute atomic E-state index is 10.8. The quantitative estimate of drug-likeness (QED) is 0.801. The summed E-state index contributed by atoms with van der Waals surface area (Å²) in [4.78, 5) is 13.1. The third-order valence-corrected chi connectivity index (χ3v) is 4.40. The molecule has 1 N–H and O–H groups in total. The van der Waals surface area contributed by atoms with Crippen LogP contribution in [0.2, 0.25) is 0 Å². The second kappa shape index (κ2) is 7.01. The molecule has 0 aromatic heterocycles. The molecule has 1 unspecified atom stereocenters.